The quantitative estimate of drug-likeness (QED) is 0.485. The lowest BCUT2D eigenvalue weighted by molar-refractivity contribution is -0.384. The van der Waals surface area contributed by atoms with Gasteiger partial charge in [-0.2, -0.15) is 0 Å². The molecule has 2 amide bonds. The number of nitrogens with zero attached hydrogens (tertiary/aromatic N) is 2. The van der Waals surface area contributed by atoms with Crippen molar-refractivity contribution in [2.75, 3.05) is 10.6 Å². The van der Waals surface area contributed by atoms with E-state index in [0.29, 0.717) is 22.1 Å². The lowest BCUT2D eigenvalue weighted by Gasteiger charge is -2.03. The highest BCUT2D eigenvalue weighted by molar-refractivity contribution is 7.14. The van der Waals surface area contributed by atoms with Crippen molar-refractivity contribution in [3.63, 3.8) is 0 Å². The van der Waals surface area contributed by atoms with Gasteiger partial charge in [0.15, 0.2) is 5.13 Å². The van der Waals surface area contributed by atoms with E-state index in [-0.39, 0.29) is 23.9 Å². The van der Waals surface area contributed by atoms with Crippen LogP contribution in [0.3, 0.4) is 0 Å². The number of nitro groups is 1. The van der Waals surface area contributed by atoms with Crippen molar-refractivity contribution >= 4 is 39.7 Å². The fraction of sp³-hybridized carbons (Fsp3) is 0.105. The average Bonchev–Trinajstić information content (AvgIpc) is 3.10. The Morgan fingerprint density at radius 3 is 2.36 bits per heavy atom. The monoisotopic (exact) mass is 396 g/mol. The van der Waals surface area contributed by atoms with Crippen molar-refractivity contribution in [1.29, 1.82) is 0 Å². The molecule has 9 heteroatoms. The molecular formula is C19H16N4O4S. The van der Waals surface area contributed by atoms with Crippen LogP contribution in [0.4, 0.5) is 16.5 Å². The second-order valence-electron chi connectivity index (χ2n) is 5.94. The van der Waals surface area contributed by atoms with Crippen LogP contribution in [0.15, 0.2) is 53.9 Å². The predicted molar refractivity (Wildman–Crippen MR) is 107 cm³/mol. The number of thiazole rings is 1. The summed E-state index contributed by atoms with van der Waals surface area (Å²) < 4.78 is 0. The van der Waals surface area contributed by atoms with E-state index in [9.17, 15) is 19.7 Å². The first-order valence-electron chi connectivity index (χ1n) is 8.27. The summed E-state index contributed by atoms with van der Waals surface area (Å²) in [5.41, 5.74) is 2.93. The molecule has 3 aromatic rings. The Morgan fingerprint density at radius 1 is 1.07 bits per heavy atom. The first-order chi connectivity index (χ1) is 13.4. The molecule has 2 aromatic carbocycles. The molecule has 0 saturated heterocycles. The topological polar surface area (TPSA) is 114 Å². The molecule has 0 aliphatic heterocycles. The zero-order chi connectivity index (χ0) is 20.1. The summed E-state index contributed by atoms with van der Waals surface area (Å²) in [7, 11) is 0. The van der Waals surface area contributed by atoms with Crippen molar-refractivity contribution in [2.24, 2.45) is 0 Å². The third-order valence-corrected chi connectivity index (χ3v) is 4.52. The normalized spacial score (nSPS) is 10.3. The Morgan fingerprint density at radius 2 is 1.75 bits per heavy atom. The van der Waals surface area contributed by atoms with E-state index in [1.165, 1.54) is 30.4 Å². The minimum atomic E-state index is -0.482. The molecule has 0 atom stereocenters. The Bertz CT molecular complexity index is 1010. The highest BCUT2D eigenvalue weighted by atomic mass is 32.1. The van der Waals surface area contributed by atoms with Gasteiger partial charge in [0, 0.05) is 35.7 Å². The number of rotatable bonds is 6. The molecule has 142 valence electrons. The van der Waals surface area contributed by atoms with Crippen molar-refractivity contribution in [3.8, 4) is 11.3 Å². The van der Waals surface area contributed by atoms with Gasteiger partial charge < -0.3 is 10.6 Å². The van der Waals surface area contributed by atoms with Crippen LogP contribution < -0.4 is 10.6 Å². The molecule has 0 unspecified atom stereocenters. The van der Waals surface area contributed by atoms with Crippen LogP contribution in [0.1, 0.15) is 12.5 Å². The van der Waals surface area contributed by atoms with Gasteiger partial charge in [-0.25, -0.2) is 4.98 Å². The molecule has 3 rings (SSSR count). The van der Waals surface area contributed by atoms with Gasteiger partial charge in [-0.3, -0.25) is 19.7 Å². The van der Waals surface area contributed by atoms with Gasteiger partial charge in [-0.1, -0.05) is 24.3 Å². The maximum absolute atomic E-state index is 12.2. The number of anilines is 2. The van der Waals surface area contributed by atoms with Crippen LogP contribution in [0, 0.1) is 10.1 Å². The van der Waals surface area contributed by atoms with Crippen LogP contribution >= 0.6 is 11.3 Å². The fourth-order valence-electron chi connectivity index (χ4n) is 2.48. The number of nitro benzene ring substituents is 1. The zero-order valence-corrected chi connectivity index (χ0v) is 15.7. The molecule has 0 saturated carbocycles. The first kappa shape index (κ1) is 19.2. The minimum absolute atomic E-state index is 0.0155. The minimum Gasteiger partial charge on any atom is -0.326 e. The summed E-state index contributed by atoms with van der Waals surface area (Å²) >= 11 is 1.30. The van der Waals surface area contributed by atoms with Gasteiger partial charge in [-0.05, 0) is 17.7 Å². The molecule has 8 nitrogen and oxygen atoms in total. The smallest absolute Gasteiger partial charge is 0.269 e. The Kier molecular flexibility index (Phi) is 5.75. The number of carbonyl (C=O) groups excluding carboxylic acids is 2. The van der Waals surface area contributed by atoms with Gasteiger partial charge in [0.2, 0.25) is 11.8 Å². The maximum atomic E-state index is 12.2. The second-order valence-corrected chi connectivity index (χ2v) is 6.80. The first-order valence-corrected chi connectivity index (χ1v) is 9.15. The van der Waals surface area contributed by atoms with Gasteiger partial charge in [0.05, 0.1) is 17.0 Å². The van der Waals surface area contributed by atoms with Gasteiger partial charge >= 0.3 is 0 Å². The van der Waals surface area contributed by atoms with E-state index in [1.54, 1.807) is 24.3 Å². The SMILES string of the molecule is CC(=O)Nc1ccc(-c2csc(NC(=O)Cc3ccc([N+](=O)[O-])cc3)n2)cc1. The van der Waals surface area contributed by atoms with Crippen LogP contribution in [-0.4, -0.2) is 21.7 Å². The standard InChI is InChI=1S/C19H16N4O4S/c1-12(24)20-15-6-4-14(5-7-15)17-11-28-19(21-17)22-18(25)10-13-2-8-16(9-3-13)23(26)27/h2-9,11H,10H2,1H3,(H,20,24)(H,21,22,25). The molecule has 0 bridgehead atoms. The number of aromatic nitrogens is 1. The highest BCUT2D eigenvalue weighted by Gasteiger charge is 2.10. The summed E-state index contributed by atoms with van der Waals surface area (Å²) in [5.74, 6) is -0.393. The van der Waals surface area contributed by atoms with E-state index in [2.05, 4.69) is 15.6 Å². The Balaban J connectivity index is 1.61. The number of carbonyl (C=O) groups is 2. The summed E-state index contributed by atoms with van der Waals surface area (Å²) in [6.07, 6.45) is 0.0956. The van der Waals surface area contributed by atoms with Gasteiger partial charge in [-0.15, -0.1) is 11.3 Å². The summed E-state index contributed by atoms with van der Waals surface area (Å²) in [4.78, 5) is 37.8. The number of amides is 2. The average molecular weight is 396 g/mol. The highest BCUT2D eigenvalue weighted by Crippen LogP contribution is 2.26. The lowest BCUT2D eigenvalue weighted by Crippen LogP contribution is -2.14. The largest absolute Gasteiger partial charge is 0.326 e. The molecule has 2 N–H and O–H groups in total. The maximum Gasteiger partial charge on any atom is 0.269 e. The van der Waals surface area contributed by atoms with E-state index < -0.39 is 4.92 Å². The third kappa shape index (κ3) is 4.98. The van der Waals surface area contributed by atoms with Crippen molar-refractivity contribution < 1.29 is 14.5 Å². The number of non-ortho nitro benzene ring substituents is 1. The molecule has 1 heterocycles. The van der Waals surface area contributed by atoms with Crippen molar-refractivity contribution in [1.82, 2.24) is 4.98 Å². The van der Waals surface area contributed by atoms with Crippen LogP contribution in [0.25, 0.3) is 11.3 Å². The third-order valence-electron chi connectivity index (χ3n) is 3.76. The number of hydrogen-bond donors (Lipinski definition) is 2. The Labute approximate surface area is 164 Å². The van der Waals surface area contributed by atoms with Crippen LogP contribution in [0.5, 0.6) is 0 Å². The molecule has 1 aromatic heterocycles. The molecule has 0 spiro atoms. The fourth-order valence-corrected chi connectivity index (χ4v) is 3.21. The van der Waals surface area contributed by atoms with E-state index in [1.807, 2.05) is 17.5 Å². The number of hydrogen-bond acceptors (Lipinski definition) is 6. The Hall–Kier alpha value is -3.59. The lowest BCUT2D eigenvalue weighted by atomic mass is 10.1. The summed E-state index contributed by atoms with van der Waals surface area (Å²) in [6.45, 7) is 1.44. The van der Waals surface area contributed by atoms with Gasteiger partial charge in [0.25, 0.3) is 5.69 Å². The van der Waals surface area contributed by atoms with Gasteiger partial charge in [0.1, 0.15) is 0 Å². The summed E-state index contributed by atoms with van der Waals surface area (Å²) in [5, 5.41) is 18.4. The zero-order valence-electron chi connectivity index (χ0n) is 14.8. The van der Waals surface area contributed by atoms with E-state index in [0.717, 1.165) is 5.56 Å². The number of benzene rings is 2. The van der Waals surface area contributed by atoms with E-state index >= 15 is 0 Å². The van der Waals surface area contributed by atoms with Crippen molar-refractivity contribution in [3.05, 3.63) is 69.6 Å². The van der Waals surface area contributed by atoms with Crippen LogP contribution in [-0.2, 0) is 16.0 Å². The summed E-state index contributed by atoms with van der Waals surface area (Å²) in [6, 6.07) is 13.1. The molecule has 0 aliphatic rings. The molecule has 0 radical (unpaired) electrons. The van der Waals surface area contributed by atoms with Crippen molar-refractivity contribution in [2.45, 2.75) is 13.3 Å². The second kappa shape index (κ2) is 8.40. The molecule has 0 fully saturated rings. The predicted octanol–water partition coefficient (Wildman–Crippen LogP) is 3.86. The van der Waals surface area contributed by atoms with Crippen LogP contribution in [0.2, 0.25) is 0 Å². The molecule has 0 aliphatic carbocycles. The number of nitrogens with one attached hydrogen (secondary N) is 2. The van der Waals surface area contributed by atoms with E-state index in [4.69, 9.17) is 0 Å². The molecular weight excluding hydrogens is 380 g/mol. The molecule has 28 heavy (non-hydrogen) atoms.